The summed E-state index contributed by atoms with van der Waals surface area (Å²) in [6, 6.07) is 10.5. The summed E-state index contributed by atoms with van der Waals surface area (Å²) < 4.78 is 0. The average molecular weight is 201 g/mol. The summed E-state index contributed by atoms with van der Waals surface area (Å²) in [5, 5.41) is 0. The molecule has 80 valence electrons. The van der Waals surface area contributed by atoms with E-state index >= 15 is 0 Å². The van der Waals surface area contributed by atoms with E-state index in [2.05, 4.69) is 49.7 Å². The van der Waals surface area contributed by atoms with Crippen LogP contribution in [-0.4, -0.2) is 12.8 Å². The molecule has 1 aromatic carbocycles. The molecular weight excluding hydrogens is 182 g/mol. The van der Waals surface area contributed by atoms with Crippen LogP contribution in [0.5, 0.6) is 0 Å². The van der Waals surface area contributed by atoms with Gasteiger partial charge in [0.25, 0.3) is 0 Å². The first kappa shape index (κ1) is 11.7. The van der Waals surface area contributed by atoms with Crippen LogP contribution >= 0.6 is 0 Å². The molecule has 1 nitrogen and oxygen atoms in total. The molecule has 1 aromatic rings. The second-order valence-corrected chi connectivity index (χ2v) is 3.98. The molecule has 0 aliphatic heterocycles. The van der Waals surface area contributed by atoms with Crippen LogP contribution in [-0.2, 0) is 0 Å². The zero-order chi connectivity index (χ0) is 11.1. The van der Waals surface area contributed by atoms with Gasteiger partial charge in [-0.3, -0.25) is 4.99 Å². The maximum Gasteiger partial charge on any atom is 0.0564 e. The van der Waals surface area contributed by atoms with Crippen molar-refractivity contribution in [1.82, 2.24) is 0 Å². The molecule has 0 saturated heterocycles. The Kier molecular flexibility index (Phi) is 4.82. The van der Waals surface area contributed by atoms with Crippen molar-refractivity contribution in [2.45, 2.75) is 19.8 Å². The molecule has 0 aromatic heterocycles. The molecule has 0 amide bonds. The molecule has 0 spiro atoms. The van der Waals surface area contributed by atoms with Crippen LogP contribution in [0.2, 0.25) is 0 Å². The Labute approximate surface area is 92.6 Å². The third-order valence-electron chi connectivity index (χ3n) is 2.40. The zero-order valence-corrected chi connectivity index (χ0v) is 9.56. The van der Waals surface area contributed by atoms with E-state index in [0.717, 1.165) is 0 Å². The average Bonchev–Trinajstić information content (AvgIpc) is 2.25. The van der Waals surface area contributed by atoms with Crippen molar-refractivity contribution in [3.63, 3.8) is 0 Å². The highest BCUT2D eigenvalue weighted by Crippen LogP contribution is 2.21. The van der Waals surface area contributed by atoms with Crippen LogP contribution in [0.15, 0.2) is 48.0 Å². The van der Waals surface area contributed by atoms with Gasteiger partial charge in [-0.1, -0.05) is 50.3 Å². The van der Waals surface area contributed by atoms with Crippen molar-refractivity contribution in [2.24, 2.45) is 10.9 Å². The predicted octanol–water partition coefficient (Wildman–Crippen LogP) is 3.68. The Bertz CT molecular complexity index is 311. The molecule has 15 heavy (non-hydrogen) atoms. The summed E-state index contributed by atoms with van der Waals surface area (Å²) in [6.45, 7) is 8.81. The number of nitrogens with zero attached hydrogens (tertiary/aromatic N) is 1. The van der Waals surface area contributed by atoms with Crippen LogP contribution in [0.1, 0.15) is 25.3 Å². The maximum absolute atomic E-state index is 4.34. The highest BCUT2D eigenvalue weighted by Gasteiger charge is 2.12. The number of benzene rings is 1. The van der Waals surface area contributed by atoms with Crippen molar-refractivity contribution in [3.05, 3.63) is 48.6 Å². The van der Waals surface area contributed by atoms with Gasteiger partial charge in [-0.2, -0.15) is 0 Å². The molecule has 1 heteroatoms. The SMILES string of the molecule is C=CCN=CC(c1ccccc1)C(C)C. The lowest BCUT2D eigenvalue weighted by molar-refractivity contribution is 0.609. The molecular formula is C14H19N. The van der Waals surface area contributed by atoms with Crippen LogP contribution in [0, 0.1) is 5.92 Å². The summed E-state index contributed by atoms with van der Waals surface area (Å²) in [5.41, 5.74) is 1.33. The molecule has 0 heterocycles. The Morgan fingerprint density at radius 3 is 2.47 bits per heavy atom. The maximum atomic E-state index is 4.34. The first-order chi connectivity index (χ1) is 7.25. The Morgan fingerprint density at radius 2 is 1.93 bits per heavy atom. The fourth-order valence-corrected chi connectivity index (χ4v) is 1.57. The lowest BCUT2D eigenvalue weighted by atomic mass is 9.89. The summed E-state index contributed by atoms with van der Waals surface area (Å²) in [4.78, 5) is 4.34. The normalized spacial score (nSPS) is 13.3. The number of aliphatic imine (C=N–C) groups is 1. The highest BCUT2D eigenvalue weighted by atomic mass is 14.7. The van der Waals surface area contributed by atoms with E-state index in [0.29, 0.717) is 18.4 Å². The van der Waals surface area contributed by atoms with Gasteiger partial charge in [-0.25, -0.2) is 0 Å². The van der Waals surface area contributed by atoms with E-state index < -0.39 is 0 Å². The Morgan fingerprint density at radius 1 is 1.27 bits per heavy atom. The van der Waals surface area contributed by atoms with Gasteiger partial charge in [-0.15, -0.1) is 6.58 Å². The predicted molar refractivity (Wildman–Crippen MR) is 67.6 cm³/mol. The zero-order valence-electron chi connectivity index (χ0n) is 9.56. The van der Waals surface area contributed by atoms with Gasteiger partial charge in [0, 0.05) is 12.1 Å². The summed E-state index contributed by atoms with van der Waals surface area (Å²) in [5.74, 6) is 0.979. The molecule has 1 atom stereocenters. The van der Waals surface area contributed by atoms with Gasteiger partial charge in [0.05, 0.1) is 6.54 Å². The molecule has 0 bridgehead atoms. The first-order valence-corrected chi connectivity index (χ1v) is 5.41. The van der Waals surface area contributed by atoms with Gasteiger partial charge >= 0.3 is 0 Å². The second kappa shape index (κ2) is 6.18. The molecule has 0 saturated carbocycles. The van der Waals surface area contributed by atoms with Crippen LogP contribution in [0.4, 0.5) is 0 Å². The molecule has 1 unspecified atom stereocenters. The molecule has 0 aliphatic rings. The highest BCUT2D eigenvalue weighted by molar-refractivity contribution is 5.68. The van der Waals surface area contributed by atoms with E-state index in [1.165, 1.54) is 5.56 Å². The van der Waals surface area contributed by atoms with Crippen molar-refractivity contribution >= 4 is 6.21 Å². The Balaban J connectivity index is 2.79. The summed E-state index contributed by atoms with van der Waals surface area (Å²) in [6.07, 6.45) is 3.86. The number of rotatable bonds is 5. The largest absolute Gasteiger partial charge is 0.293 e. The number of hydrogen-bond donors (Lipinski definition) is 0. The van der Waals surface area contributed by atoms with Gasteiger partial charge in [0.15, 0.2) is 0 Å². The van der Waals surface area contributed by atoms with Crippen molar-refractivity contribution in [1.29, 1.82) is 0 Å². The lowest BCUT2D eigenvalue weighted by Crippen LogP contribution is -2.08. The topological polar surface area (TPSA) is 12.4 Å². The van der Waals surface area contributed by atoms with E-state index in [-0.39, 0.29) is 0 Å². The van der Waals surface area contributed by atoms with Crippen LogP contribution in [0.3, 0.4) is 0 Å². The van der Waals surface area contributed by atoms with E-state index in [9.17, 15) is 0 Å². The van der Waals surface area contributed by atoms with Gasteiger partial charge in [0.2, 0.25) is 0 Å². The minimum atomic E-state index is 0.408. The molecule has 0 fully saturated rings. The molecule has 0 aliphatic carbocycles. The molecule has 1 rings (SSSR count). The smallest absolute Gasteiger partial charge is 0.0564 e. The summed E-state index contributed by atoms with van der Waals surface area (Å²) >= 11 is 0. The summed E-state index contributed by atoms with van der Waals surface area (Å²) in [7, 11) is 0. The minimum absolute atomic E-state index is 0.408. The molecule has 0 radical (unpaired) electrons. The molecule has 0 N–H and O–H groups in total. The van der Waals surface area contributed by atoms with Crippen molar-refractivity contribution in [2.75, 3.05) is 6.54 Å². The van der Waals surface area contributed by atoms with Crippen molar-refractivity contribution in [3.8, 4) is 0 Å². The van der Waals surface area contributed by atoms with E-state index in [4.69, 9.17) is 0 Å². The van der Waals surface area contributed by atoms with Gasteiger partial charge in [0.1, 0.15) is 0 Å². The first-order valence-electron chi connectivity index (χ1n) is 5.41. The lowest BCUT2D eigenvalue weighted by Gasteiger charge is -2.16. The fourth-order valence-electron chi connectivity index (χ4n) is 1.57. The third kappa shape index (κ3) is 3.70. The van der Waals surface area contributed by atoms with E-state index in [1.807, 2.05) is 18.4 Å². The third-order valence-corrected chi connectivity index (χ3v) is 2.40. The second-order valence-electron chi connectivity index (χ2n) is 3.98. The quantitative estimate of drug-likeness (QED) is 0.509. The van der Waals surface area contributed by atoms with Gasteiger partial charge in [-0.05, 0) is 11.5 Å². The standard InChI is InChI=1S/C14H19N/c1-4-10-15-11-14(12(2)3)13-8-6-5-7-9-13/h4-9,11-12,14H,1,10H2,2-3H3. The van der Waals surface area contributed by atoms with E-state index in [1.54, 1.807) is 0 Å². The monoisotopic (exact) mass is 201 g/mol. The Hall–Kier alpha value is -1.37. The minimum Gasteiger partial charge on any atom is -0.293 e. The van der Waals surface area contributed by atoms with Crippen molar-refractivity contribution < 1.29 is 0 Å². The van der Waals surface area contributed by atoms with Crippen LogP contribution < -0.4 is 0 Å². The van der Waals surface area contributed by atoms with Gasteiger partial charge < -0.3 is 0 Å². The fraction of sp³-hybridized carbons (Fsp3) is 0.357. The number of hydrogen-bond acceptors (Lipinski definition) is 1. The van der Waals surface area contributed by atoms with Crippen LogP contribution in [0.25, 0.3) is 0 Å².